The van der Waals surface area contributed by atoms with Crippen LogP contribution in [0.3, 0.4) is 0 Å². The van der Waals surface area contributed by atoms with Crippen LogP contribution in [0.4, 0.5) is 0 Å². The third-order valence-electron chi connectivity index (χ3n) is 3.26. The molecule has 0 bridgehead atoms. The maximum atomic E-state index is 12.5. The summed E-state index contributed by atoms with van der Waals surface area (Å²) >= 11 is 5.67. The van der Waals surface area contributed by atoms with Crippen molar-refractivity contribution >= 4 is 27.5 Å². The van der Waals surface area contributed by atoms with Gasteiger partial charge in [0.1, 0.15) is 5.02 Å². The van der Waals surface area contributed by atoms with Crippen LogP contribution in [0.5, 0.6) is 0 Å². The van der Waals surface area contributed by atoms with Crippen molar-refractivity contribution in [1.29, 1.82) is 0 Å². The van der Waals surface area contributed by atoms with E-state index < -0.39 is 15.6 Å². The fourth-order valence-electron chi connectivity index (χ4n) is 2.30. The minimum absolute atomic E-state index is 0.0597. The highest BCUT2D eigenvalue weighted by Crippen LogP contribution is 2.21. The zero-order valence-corrected chi connectivity index (χ0v) is 13.0. The van der Waals surface area contributed by atoms with Gasteiger partial charge in [0.05, 0.1) is 4.90 Å². The molecule has 1 fully saturated rings. The van der Waals surface area contributed by atoms with E-state index in [0.29, 0.717) is 13.0 Å². The predicted octanol–water partition coefficient (Wildman–Crippen LogP) is 0.317. The van der Waals surface area contributed by atoms with Crippen molar-refractivity contribution in [3.8, 4) is 0 Å². The van der Waals surface area contributed by atoms with Crippen LogP contribution in [-0.4, -0.2) is 42.7 Å². The molecule has 0 aromatic carbocycles. The second kappa shape index (κ2) is 6.17. The molecule has 9 heteroatoms. The first-order chi connectivity index (χ1) is 9.80. The third kappa shape index (κ3) is 3.63. The highest BCUT2D eigenvalue weighted by molar-refractivity contribution is 7.89. The van der Waals surface area contributed by atoms with Crippen molar-refractivity contribution in [3.05, 3.63) is 27.6 Å². The largest absolute Gasteiger partial charge is 0.352 e. The number of carbonyl (C=O) groups is 1. The minimum Gasteiger partial charge on any atom is -0.352 e. The molecule has 0 spiro atoms. The summed E-state index contributed by atoms with van der Waals surface area (Å²) in [5, 5.41) is 2.55. The van der Waals surface area contributed by atoms with E-state index in [9.17, 15) is 18.0 Å². The fourth-order valence-corrected chi connectivity index (χ4v) is 4.06. The molecule has 1 amide bonds. The molecule has 0 aliphatic carbocycles. The summed E-state index contributed by atoms with van der Waals surface area (Å²) in [5.74, 6) is -0.189. The first-order valence-electron chi connectivity index (χ1n) is 6.46. The molecule has 1 aromatic rings. The number of nitrogens with one attached hydrogen (secondary N) is 2. The van der Waals surface area contributed by atoms with Crippen molar-refractivity contribution in [2.24, 2.45) is 0 Å². The van der Waals surface area contributed by atoms with E-state index in [4.69, 9.17) is 11.6 Å². The first kappa shape index (κ1) is 16.0. The SMILES string of the molecule is CC(=O)NC1CCCN(S(=O)(=O)c2c[nH]c(=O)c(Cl)c2)C1. The van der Waals surface area contributed by atoms with Gasteiger partial charge in [-0.3, -0.25) is 9.59 Å². The summed E-state index contributed by atoms with van der Waals surface area (Å²) in [6, 6.07) is 0.932. The van der Waals surface area contributed by atoms with E-state index in [2.05, 4.69) is 10.3 Å². The van der Waals surface area contributed by atoms with Crippen molar-refractivity contribution in [3.63, 3.8) is 0 Å². The number of H-pyrrole nitrogens is 1. The van der Waals surface area contributed by atoms with Gasteiger partial charge in [-0.1, -0.05) is 11.6 Å². The number of sulfonamides is 1. The van der Waals surface area contributed by atoms with Crippen LogP contribution in [0.15, 0.2) is 22.0 Å². The molecule has 1 aliphatic rings. The van der Waals surface area contributed by atoms with Gasteiger partial charge in [0, 0.05) is 32.3 Å². The highest BCUT2D eigenvalue weighted by Gasteiger charge is 2.31. The zero-order valence-electron chi connectivity index (χ0n) is 11.4. The second-order valence-electron chi connectivity index (χ2n) is 4.92. The molecule has 2 heterocycles. The number of aromatic amines is 1. The Labute approximate surface area is 127 Å². The lowest BCUT2D eigenvalue weighted by Gasteiger charge is -2.32. The third-order valence-corrected chi connectivity index (χ3v) is 5.38. The van der Waals surface area contributed by atoms with E-state index >= 15 is 0 Å². The van der Waals surface area contributed by atoms with Crippen LogP contribution in [0.2, 0.25) is 5.02 Å². The van der Waals surface area contributed by atoms with Crippen LogP contribution < -0.4 is 10.9 Å². The monoisotopic (exact) mass is 333 g/mol. The Balaban J connectivity index is 2.24. The molecular weight excluding hydrogens is 318 g/mol. The summed E-state index contributed by atoms with van der Waals surface area (Å²) in [6.07, 6.45) is 2.52. The van der Waals surface area contributed by atoms with E-state index in [-0.39, 0.29) is 28.4 Å². The molecule has 1 unspecified atom stereocenters. The molecule has 0 saturated carbocycles. The van der Waals surface area contributed by atoms with Gasteiger partial charge in [-0.15, -0.1) is 0 Å². The Bertz CT molecular complexity index is 701. The number of pyridine rings is 1. The van der Waals surface area contributed by atoms with E-state index in [1.807, 2.05) is 0 Å². The Morgan fingerprint density at radius 2 is 2.24 bits per heavy atom. The average Bonchev–Trinajstić information content (AvgIpc) is 2.41. The maximum Gasteiger partial charge on any atom is 0.266 e. The van der Waals surface area contributed by atoms with E-state index in [1.165, 1.54) is 11.2 Å². The van der Waals surface area contributed by atoms with E-state index in [0.717, 1.165) is 18.7 Å². The van der Waals surface area contributed by atoms with Crippen molar-refractivity contribution in [2.45, 2.75) is 30.7 Å². The maximum absolute atomic E-state index is 12.5. The lowest BCUT2D eigenvalue weighted by Crippen LogP contribution is -2.49. The molecule has 1 aromatic heterocycles. The van der Waals surface area contributed by atoms with Crippen LogP contribution in [0.25, 0.3) is 0 Å². The van der Waals surface area contributed by atoms with Gasteiger partial charge in [0.2, 0.25) is 15.9 Å². The molecule has 1 saturated heterocycles. The number of halogens is 1. The number of rotatable bonds is 3. The first-order valence-corrected chi connectivity index (χ1v) is 8.28. The molecule has 0 radical (unpaired) electrons. The molecular formula is C12H16ClN3O4S. The molecule has 1 aliphatic heterocycles. The van der Waals surface area contributed by atoms with Gasteiger partial charge in [-0.2, -0.15) is 4.31 Å². The summed E-state index contributed by atoms with van der Waals surface area (Å²) in [5.41, 5.74) is -0.537. The Hall–Kier alpha value is -1.38. The standard InChI is InChI=1S/C12H16ClN3O4S/c1-8(17)15-9-3-2-4-16(7-9)21(19,20)10-5-11(13)12(18)14-6-10/h5-6,9H,2-4,7H2,1H3,(H,14,18)(H,15,17). The highest BCUT2D eigenvalue weighted by atomic mass is 35.5. The van der Waals surface area contributed by atoms with Crippen LogP contribution in [-0.2, 0) is 14.8 Å². The molecule has 21 heavy (non-hydrogen) atoms. The summed E-state index contributed by atoms with van der Waals surface area (Å²) in [6.45, 7) is 1.98. The van der Waals surface area contributed by atoms with Crippen LogP contribution in [0, 0.1) is 0 Å². The number of amides is 1. The van der Waals surface area contributed by atoms with Gasteiger partial charge in [0.25, 0.3) is 5.56 Å². The average molecular weight is 334 g/mol. The van der Waals surface area contributed by atoms with Crippen LogP contribution in [0.1, 0.15) is 19.8 Å². The Morgan fingerprint density at radius 1 is 1.52 bits per heavy atom. The molecule has 7 nitrogen and oxygen atoms in total. The van der Waals surface area contributed by atoms with Gasteiger partial charge >= 0.3 is 0 Å². The summed E-state index contributed by atoms with van der Waals surface area (Å²) in [4.78, 5) is 24.5. The predicted molar refractivity (Wildman–Crippen MR) is 77.7 cm³/mol. The van der Waals surface area contributed by atoms with Crippen molar-refractivity contribution in [1.82, 2.24) is 14.6 Å². The Kier molecular flexibility index (Phi) is 4.70. The van der Waals surface area contributed by atoms with E-state index in [1.54, 1.807) is 0 Å². The topological polar surface area (TPSA) is 99.3 Å². The molecule has 2 rings (SSSR count). The van der Waals surface area contributed by atoms with Gasteiger partial charge in [0.15, 0.2) is 0 Å². The van der Waals surface area contributed by atoms with Gasteiger partial charge < -0.3 is 10.3 Å². The van der Waals surface area contributed by atoms with Crippen molar-refractivity contribution in [2.75, 3.05) is 13.1 Å². The minimum atomic E-state index is -3.74. The number of piperidine rings is 1. The number of nitrogens with zero attached hydrogens (tertiary/aromatic N) is 1. The second-order valence-corrected chi connectivity index (χ2v) is 7.26. The van der Waals surface area contributed by atoms with Crippen molar-refractivity contribution < 1.29 is 13.2 Å². The van der Waals surface area contributed by atoms with Crippen LogP contribution >= 0.6 is 11.6 Å². The lowest BCUT2D eigenvalue weighted by molar-refractivity contribution is -0.119. The molecule has 116 valence electrons. The number of hydrogen-bond donors (Lipinski definition) is 2. The number of aromatic nitrogens is 1. The van der Waals surface area contributed by atoms with Gasteiger partial charge in [-0.25, -0.2) is 8.42 Å². The molecule has 1 atom stereocenters. The smallest absolute Gasteiger partial charge is 0.266 e. The number of carbonyl (C=O) groups excluding carboxylic acids is 1. The normalized spacial score (nSPS) is 20.2. The Morgan fingerprint density at radius 3 is 2.86 bits per heavy atom. The quantitative estimate of drug-likeness (QED) is 0.832. The number of hydrogen-bond acceptors (Lipinski definition) is 4. The summed E-state index contributed by atoms with van der Waals surface area (Å²) in [7, 11) is -3.74. The summed E-state index contributed by atoms with van der Waals surface area (Å²) < 4.78 is 26.3. The fraction of sp³-hybridized carbons (Fsp3) is 0.500. The van der Waals surface area contributed by atoms with Gasteiger partial charge in [-0.05, 0) is 18.9 Å². The zero-order chi connectivity index (χ0) is 15.6. The lowest BCUT2D eigenvalue weighted by atomic mass is 10.1. The molecule has 2 N–H and O–H groups in total.